The summed E-state index contributed by atoms with van der Waals surface area (Å²) in [5, 5.41) is 0. The van der Waals surface area contributed by atoms with E-state index in [0.717, 1.165) is 5.82 Å². The zero-order valence-corrected chi connectivity index (χ0v) is 5.23. The van der Waals surface area contributed by atoms with Gasteiger partial charge in [-0.05, 0) is 0 Å². The molecule has 0 atom stereocenters. The van der Waals surface area contributed by atoms with E-state index < -0.39 is 0 Å². The fraction of sp³-hybridized carbons (Fsp3) is 0.167. The molecule has 2 rings (SSSR count). The Labute approximate surface area is 57.7 Å². The summed E-state index contributed by atoms with van der Waals surface area (Å²) in [5.74, 6) is 0.796. The van der Waals surface area contributed by atoms with Crippen LogP contribution in [0.1, 0.15) is 12.0 Å². The third-order valence-corrected chi connectivity index (χ3v) is 1.29. The van der Waals surface area contributed by atoms with Crippen LogP contribution in [-0.4, -0.2) is 22.4 Å². The maximum atomic E-state index is 4.04. The Kier molecular flexibility index (Phi) is 1.10. The van der Waals surface area contributed by atoms with Gasteiger partial charge >= 0.3 is 0 Å². The molecule has 4 heteroatoms. The molecule has 2 heterocycles. The normalized spacial score (nSPS) is 16.8. The lowest BCUT2D eigenvalue weighted by molar-refractivity contribution is 0.743. The van der Waals surface area contributed by atoms with Gasteiger partial charge in [-0.1, -0.05) is 0 Å². The van der Waals surface area contributed by atoms with Crippen LogP contribution in [0.15, 0.2) is 22.4 Å². The maximum absolute atomic E-state index is 4.04. The van der Waals surface area contributed by atoms with Gasteiger partial charge in [-0.15, -0.1) is 0 Å². The Bertz CT molecular complexity index is 247. The molecular formula is C6H6N4. The Hall–Kier alpha value is -1.45. The molecule has 50 valence electrons. The van der Waals surface area contributed by atoms with E-state index in [9.17, 15) is 0 Å². The first-order chi connectivity index (χ1) is 4.97. The maximum Gasteiger partial charge on any atom is 0.197 e. The molecule has 1 aromatic rings. The molecule has 0 spiro atoms. The number of aliphatic imine (C=N–C) groups is 2. The third kappa shape index (κ3) is 0.737. The lowest BCUT2D eigenvalue weighted by Crippen LogP contribution is -1.90. The number of rotatable bonds is 1. The van der Waals surface area contributed by atoms with Crippen molar-refractivity contribution in [1.29, 1.82) is 0 Å². The predicted octanol–water partition coefficient (Wildman–Crippen LogP) is 0.563. The first-order valence-electron chi connectivity index (χ1n) is 3.01. The molecule has 0 fully saturated rings. The van der Waals surface area contributed by atoms with Crippen molar-refractivity contribution in [2.45, 2.75) is 6.17 Å². The molecule has 1 N–H and O–H groups in total. The molecule has 0 unspecified atom stereocenters. The minimum atomic E-state index is -0.130. The van der Waals surface area contributed by atoms with Gasteiger partial charge in [0.1, 0.15) is 0 Å². The molecule has 1 aliphatic rings. The SMILES string of the molecule is C1=NC(c2ncc[nH]2)N=C1. The van der Waals surface area contributed by atoms with Crippen molar-refractivity contribution in [1.82, 2.24) is 9.97 Å². The van der Waals surface area contributed by atoms with E-state index in [-0.39, 0.29) is 6.17 Å². The molecule has 10 heavy (non-hydrogen) atoms. The van der Waals surface area contributed by atoms with Gasteiger partial charge in [-0.2, -0.15) is 0 Å². The fourth-order valence-corrected chi connectivity index (χ4v) is 0.838. The van der Waals surface area contributed by atoms with E-state index in [4.69, 9.17) is 0 Å². The second-order valence-electron chi connectivity index (χ2n) is 1.94. The molecule has 0 aliphatic carbocycles. The summed E-state index contributed by atoms with van der Waals surface area (Å²) in [4.78, 5) is 15.0. The summed E-state index contributed by atoms with van der Waals surface area (Å²) in [6.07, 6.45) is 6.67. The predicted molar refractivity (Wildman–Crippen MR) is 38.3 cm³/mol. The van der Waals surface area contributed by atoms with Crippen LogP contribution < -0.4 is 0 Å². The van der Waals surface area contributed by atoms with E-state index in [1.165, 1.54) is 0 Å². The minimum Gasteiger partial charge on any atom is -0.345 e. The molecular weight excluding hydrogens is 128 g/mol. The molecule has 0 amide bonds. The number of hydrogen-bond donors (Lipinski definition) is 1. The van der Waals surface area contributed by atoms with Crippen LogP contribution in [0.25, 0.3) is 0 Å². The zero-order valence-electron chi connectivity index (χ0n) is 5.23. The number of aromatic nitrogens is 2. The molecule has 0 radical (unpaired) electrons. The van der Waals surface area contributed by atoms with Crippen LogP contribution in [-0.2, 0) is 0 Å². The highest BCUT2D eigenvalue weighted by atomic mass is 15.1. The molecule has 0 saturated heterocycles. The van der Waals surface area contributed by atoms with E-state index in [2.05, 4.69) is 20.0 Å². The summed E-state index contributed by atoms with van der Waals surface area (Å²) >= 11 is 0. The van der Waals surface area contributed by atoms with Crippen LogP contribution in [0.2, 0.25) is 0 Å². The van der Waals surface area contributed by atoms with Crippen LogP contribution in [0.3, 0.4) is 0 Å². The van der Waals surface area contributed by atoms with Crippen molar-refractivity contribution in [2.24, 2.45) is 9.98 Å². The summed E-state index contributed by atoms with van der Waals surface area (Å²) < 4.78 is 0. The molecule has 1 aliphatic heterocycles. The summed E-state index contributed by atoms with van der Waals surface area (Å²) in [6, 6.07) is 0. The molecule has 1 aromatic heterocycles. The van der Waals surface area contributed by atoms with E-state index in [1.54, 1.807) is 24.8 Å². The van der Waals surface area contributed by atoms with Gasteiger partial charge in [-0.25, -0.2) is 4.98 Å². The van der Waals surface area contributed by atoms with Crippen LogP contribution in [0.5, 0.6) is 0 Å². The van der Waals surface area contributed by atoms with Crippen LogP contribution >= 0.6 is 0 Å². The van der Waals surface area contributed by atoms with Crippen molar-refractivity contribution in [2.75, 3.05) is 0 Å². The Morgan fingerprint density at radius 2 is 2.10 bits per heavy atom. The highest BCUT2D eigenvalue weighted by Gasteiger charge is 2.09. The average Bonchev–Trinajstić information content (AvgIpc) is 2.59. The zero-order chi connectivity index (χ0) is 6.81. The lowest BCUT2D eigenvalue weighted by Gasteiger charge is -1.96. The van der Waals surface area contributed by atoms with Gasteiger partial charge in [-0.3, -0.25) is 9.98 Å². The first kappa shape index (κ1) is 5.34. The number of hydrogen-bond acceptors (Lipinski definition) is 3. The Balaban J connectivity index is 2.29. The highest BCUT2D eigenvalue weighted by molar-refractivity contribution is 6.17. The Morgan fingerprint density at radius 3 is 2.70 bits per heavy atom. The quantitative estimate of drug-likeness (QED) is 0.599. The largest absolute Gasteiger partial charge is 0.345 e. The van der Waals surface area contributed by atoms with Gasteiger partial charge in [0.15, 0.2) is 12.0 Å². The van der Waals surface area contributed by atoms with Gasteiger partial charge in [0.05, 0.1) is 0 Å². The summed E-state index contributed by atoms with van der Waals surface area (Å²) in [7, 11) is 0. The van der Waals surface area contributed by atoms with Gasteiger partial charge in [0.2, 0.25) is 0 Å². The van der Waals surface area contributed by atoms with Crippen LogP contribution in [0, 0.1) is 0 Å². The van der Waals surface area contributed by atoms with Gasteiger partial charge < -0.3 is 4.98 Å². The van der Waals surface area contributed by atoms with E-state index in [0.29, 0.717) is 0 Å². The number of H-pyrrole nitrogens is 1. The van der Waals surface area contributed by atoms with Crippen molar-refractivity contribution in [3.8, 4) is 0 Å². The molecule has 0 aromatic carbocycles. The monoisotopic (exact) mass is 134 g/mol. The van der Waals surface area contributed by atoms with Gasteiger partial charge in [0.25, 0.3) is 0 Å². The smallest absolute Gasteiger partial charge is 0.197 e. The van der Waals surface area contributed by atoms with Crippen LogP contribution in [0.4, 0.5) is 0 Å². The fourth-order valence-electron chi connectivity index (χ4n) is 0.838. The summed E-state index contributed by atoms with van der Waals surface area (Å²) in [5.41, 5.74) is 0. The lowest BCUT2D eigenvalue weighted by atomic mass is 10.5. The van der Waals surface area contributed by atoms with E-state index >= 15 is 0 Å². The molecule has 0 saturated carbocycles. The molecule has 4 nitrogen and oxygen atoms in total. The van der Waals surface area contributed by atoms with Crippen molar-refractivity contribution in [3.63, 3.8) is 0 Å². The number of aromatic amines is 1. The highest BCUT2D eigenvalue weighted by Crippen LogP contribution is 2.14. The standard InChI is InChI=1S/C6H6N4/c1-2-8-5(7-1)6-9-3-4-10-6/h1-5H,(H,9,10). The van der Waals surface area contributed by atoms with Crippen molar-refractivity contribution in [3.05, 3.63) is 18.2 Å². The Morgan fingerprint density at radius 1 is 1.30 bits per heavy atom. The second-order valence-corrected chi connectivity index (χ2v) is 1.94. The minimum absolute atomic E-state index is 0.130. The third-order valence-electron chi connectivity index (χ3n) is 1.29. The van der Waals surface area contributed by atoms with Crippen molar-refractivity contribution < 1.29 is 0 Å². The second kappa shape index (κ2) is 2.06. The summed E-state index contributed by atoms with van der Waals surface area (Å²) in [6.45, 7) is 0. The number of nitrogens with one attached hydrogen (secondary N) is 1. The number of nitrogens with zero attached hydrogens (tertiary/aromatic N) is 3. The number of imidazole rings is 1. The van der Waals surface area contributed by atoms with Crippen molar-refractivity contribution >= 4 is 12.4 Å². The topological polar surface area (TPSA) is 53.4 Å². The molecule has 0 bridgehead atoms. The first-order valence-corrected chi connectivity index (χ1v) is 3.01. The van der Waals surface area contributed by atoms with Gasteiger partial charge in [0, 0.05) is 24.8 Å². The van der Waals surface area contributed by atoms with E-state index in [1.807, 2.05) is 0 Å². The average molecular weight is 134 g/mol.